The molecule has 0 bridgehead atoms. The van der Waals surface area contributed by atoms with Gasteiger partial charge in [-0.05, 0) is 11.5 Å². The Morgan fingerprint density at radius 3 is 2.36 bits per heavy atom. The quantitative estimate of drug-likeness (QED) is 0.595. The molecule has 80 valence electrons. The van der Waals surface area contributed by atoms with Crippen molar-refractivity contribution in [3.8, 4) is 0 Å². The van der Waals surface area contributed by atoms with Gasteiger partial charge < -0.3 is 9.64 Å². The lowest BCUT2D eigenvalue weighted by molar-refractivity contribution is -0.130. The number of rotatable bonds is 1. The minimum Gasteiger partial charge on any atom is -0.378 e. The van der Waals surface area contributed by atoms with E-state index >= 15 is 0 Å². The second-order valence-electron chi connectivity index (χ2n) is 4.64. The minimum atomic E-state index is 0.0714. The number of ether oxygens (including phenoxy) is 1. The summed E-state index contributed by atoms with van der Waals surface area (Å²) in [6.07, 6.45) is 3.62. The first-order valence-electron chi connectivity index (χ1n) is 5.05. The van der Waals surface area contributed by atoms with E-state index < -0.39 is 0 Å². The zero-order valence-corrected chi connectivity index (χ0v) is 9.25. The number of carbonyl (C=O) groups is 1. The largest absolute Gasteiger partial charge is 0.378 e. The summed E-state index contributed by atoms with van der Waals surface area (Å²) in [6.45, 7) is 8.99. The normalized spacial score (nSPS) is 18.9. The SMILES string of the molecule is CC(C)(C)/C=C\C(=O)N1CCOCC1. The van der Waals surface area contributed by atoms with Crippen LogP contribution in [0.1, 0.15) is 20.8 Å². The highest BCUT2D eigenvalue weighted by Gasteiger charge is 2.15. The zero-order chi connectivity index (χ0) is 10.6. The van der Waals surface area contributed by atoms with Gasteiger partial charge in [-0.1, -0.05) is 26.8 Å². The van der Waals surface area contributed by atoms with Gasteiger partial charge >= 0.3 is 0 Å². The fourth-order valence-electron chi connectivity index (χ4n) is 1.21. The van der Waals surface area contributed by atoms with Crippen LogP contribution < -0.4 is 0 Å². The Balaban J connectivity index is 2.44. The van der Waals surface area contributed by atoms with Crippen molar-refractivity contribution in [1.82, 2.24) is 4.90 Å². The van der Waals surface area contributed by atoms with Gasteiger partial charge in [0.05, 0.1) is 13.2 Å². The molecule has 1 aliphatic rings. The van der Waals surface area contributed by atoms with Crippen LogP contribution in [-0.2, 0) is 9.53 Å². The molecule has 1 heterocycles. The number of morpholine rings is 1. The van der Waals surface area contributed by atoms with E-state index in [1.165, 1.54) is 0 Å². The molecule has 14 heavy (non-hydrogen) atoms. The molecule has 1 saturated heterocycles. The Bertz CT molecular complexity index is 222. The van der Waals surface area contributed by atoms with Gasteiger partial charge in [0.25, 0.3) is 0 Å². The van der Waals surface area contributed by atoms with Crippen LogP contribution in [-0.4, -0.2) is 37.1 Å². The Morgan fingerprint density at radius 1 is 1.29 bits per heavy atom. The second-order valence-corrected chi connectivity index (χ2v) is 4.64. The lowest BCUT2D eigenvalue weighted by atomic mass is 9.96. The molecule has 1 rings (SSSR count). The van der Waals surface area contributed by atoms with Crippen molar-refractivity contribution in [3.05, 3.63) is 12.2 Å². The van der Waals surface area contributed by atoms with Gasteiger partial charge in [-0.25, -0.2) is 0 Å². The maximum absolute atomic E-state index is 11.6. The van der Waals surface area contributed by atoms with Gasteiger partial charge in [0, 0.05) is 13.1 Å². The molecule has 0 saturated carbocycles. The lowest BCUT2D eigenvalue weighted by Crippen LogP contribution is -2.39. The van der Waals surface area contributed by atoms with Crippen molar-refractivity contribution in [2.75, 3.05) is 26.3 Å². The van der Waals surface area contributed by atoms with Gasteiger partial charge in [-0.2, -0.15) is 0 Å². The summed E-state index contributed by atoms with van der Waals surface area (Å²) in [5, 5.41) is 0. The summed E-state index contributed by atoms with van der Waals surface area (Å²) in [6, 6.07) is 0. The molecular formula is C11H19NO2. The van der Waals surface area contributed by atoms with E-state index in [4.69, 9.17) is 4.74 Å². The smallest absolute Gasteiger partial charge is 0.246 e. The van der Waals surface area contributed by atoms with Crippen LogP contribution in [0.3, 0.4) is 0 Å². The summed E-state index contributed by atoms with van der Waals surface area (Å²) in [7, 11) is 0. The maximum Gasteiger partial charge on any atom is 0.246 e. The van der Waals surface area contributed by atoms with Crippen LogP contribution in [0.15, 0.2) is 12.2 Å². The minimum absolute atomic E-state index is 0.0714. The first-order valence-corrected chi connectivity index (χ1v) is 5.05. The fraction of sp³-hybridized carbons (Fsp3) is 0.727. The second kappa shape index (κ2) is 4.60. The number of nitrogens with zero attached hydrogens (tertiary/aromatic N) is 1. The first-order chi connectivity index (χ1) is 6.49. The van der Waals surface area contributed by atoms with E-state index in [0.717, 1.165) is 0 Å². The molecule has 0 radical (unpaired) electrons. The van der Waals surface area contributed by atoms with Crippen LogP contribution in [0.5, 0.6) is 0 Å². The highest BCUT2D eigenvalue weighted by Crippen LogP contribution is 2.14. The molecule has 3 heteroatoms. The van der Waals surface area contributed by atoms with Crippen LogP contribution >= 0.6 is 0 Å². The topological polar surface area (TPSA) is 29.5 Å². The van der Waals surface area contributed by atoms with Crippen molar-refractivity contribution < 1.29 is 9.53 Å². The van der Waals surface area contributed by atoms with E-state index in [1.54, 1.807) is 6.08 Å². The lowest BCUT2D eigenvalue weighted by Gasteiger charge is -2.26. The van der Waals surface area contributed by atoms with Crippen molar-refractivity contribution >= 4 is 5.91 Å². The number of amides is 1. The van der Waals surface area contributed by atoms with E-state index in [9.17, 15) is 4.79 Å². The third-order valence-corrected chi connectivity index (χ3v) is 2.05. The molecule has 0 aliphatic carbocycles. The molecule has 1 aliphatic heterocycles. The van der Waals surface area contributed by atoms with Crippen molar-refractivity contribution in [3.63, 3.8) is 0 Å². The predicted molar refractivity (Wildman–Crippen MR) is 56.0 cm³/mol. The average molecular weight is 197 g/mol. The summed E-state index contributed by atoms with van der Waals surface area (Å²) in [5.74, 6) is 0.100. The third-order valence-electron chi connectivity index (χ3n) is 2.05. The number of hydrogen-bond donors (Lipinski definition) is 0. The molecule has 0 aromatic rings. The monoisotopic (exact) mass is 197 g/mol. The van der Waals surface area contributed by atoms with Gasteiger partial charge in [0.2, 0.25) is 5.91 Å². The fourth-order valence-corrected chi connectivity index (χ4v) is 1.21. The van der Waals surface area contributed by atoms with Gasteiger partial charge in [-0.3, -0.25) is 4.79 Å². The summed E-state index contributed by atoms with van der Waals surface area (Å²) in [4.78, 5) is 13.5. The van der Waals surface area contributed by atoms with Crippen LogP contribution in [0.4, 0.5) is 0 Å². The molecule has 3 nitrogen and oxygen atoms in total. The standard InChI is InChI=1S/C11H19NO2/c1-11(2,3)5-4-10(13)12-6-8-14-9-7-12/h4-5H,6-9H2,1-3H3/b5-4-. The molecule has 0 N–H and O–H groups in total. The summed E-state index contributed by atoms with van der Waals surface area (Å²) < 4.78 is 5.18. The van der Waals surface area contributed by atoms with Gasteiger partial charge in [0.1, 0.15) is 0 Å². The maximum atomic E-state index is 11.6. The molecule has 1 amide bonds. The van der Waals surface area contributed by atoms with Crippen LogP contribution in [0.2, 0.25) is 0 Å². The number of allylic oxidation sites excluding steroid dienone is 1. The predicted octanol–water partition coefficient (Wildman–Crippen LogP) is 1.45. The Labute approximate surface area is 85.7 Å². The van der Waals surface area contributed by atoms with Gasteiger partial charge in [0.15, 0.2) is 0 Å². The Morgan fingerprint density at radius 2 is 1.86 bits per heavy atom. The molecule has 0 atom stereocenters. The number of carbonyl (C=O) groups excluding carboxylic acids is 1. The molecule has 0 unspecified atom stereocenters. The Kier molecular flexibility index (Phi) is 3.69. The number of hydrogen-bond acceptors (Lipinski definition) is 2. The summed E-state index contributed by atoms with van der Waals surface area (Å²) >= 11 is 0. The van der Waals surface area contributed by atoms with Crippen LogP contribution in [0, 0.1) is 5.41 Å². The van der Waals surface area contributed by atoms with E-state index in [-0.39, 0.29) is 11.3 Å². The van der Waals surface area contributed by atoms with E-state index in [1.807, 2.05) is 11.0 Å². The Hall–Kier alpha value is -0.830. The zero-order valence-electron chi connectivity index (χ0n) is 9.25. The van der Waals surface area contributed by atoms with Gasteiger partial charge in [-0.15, -0.1) is 0 Å². The molecule has 0 spiro atoms. The van der Waals surface area contributed by atoms with E-state index in [2.05, 4.69) is 20.8 Å². The highest BCUT2D eigenvalue weighted by atomic mass is 16.5. The molecule has 0 aromatic heterocycles. The highest BCUT2D eigenvalue weighted by molar-refractivity contribution is 5.87. The molecular weight excluding hydrogens is 178 g/mol. The summed E-state index contributed by atoms with van der Waals surface area (Å²) in [5.41, 5.74) is 0.0714. The molecule has 0 aromatic carbocycles. The van der Waals surface area contributed by atoms with Crippen LogP contribution in [0.25, 0.3) is 0 Å². The average Bonchev–Trinajstić information content (AvgIpc) is 2.14. The van der Waals surface area contributed by atoms with Crippen molar-refractivity contribution in [1.29, 1.82) is 0 Å². The van der Waals surface area contributed by atoms with Crippen molar-refractivity contribution in [2.45, 2.75) is 20.8 Å². The first kappa shape index (κ1) is 11.2. The molecule has 1 fully saturated rings. The van der Waals surface area contributed by atoms with Crippen molar-refractivity contribution in [2.24, 2.45) is 5.41 Å². The third kappa shape index (κ3) is 3.92. The van der Waals surface area contributed by atoms with E-state index in [0.29, 0.717) is 26.3 Å².